The lowest BCUT2D eigenvalue weighted by atomic mass is 10.1. The van der Waals surface area contributed by atoms with E-state index in [1.807, 2.05) is 0 Å². The van der Waals surface area contributed by atoms with E-state index in [-0.39, 0.29) is 18.5 Å². The second kappa shape index (κ2) is 4.45. The van der Waals surface area contributed by atoms with Gasteiger partial charge in [0, 0.05) is 0 Å². The van der Waals surface area contributed by atoms with Gasteiger partial charge in [-0.05, 0) is 19.8 Å². The highest BCUT2D eigenvalue weighted by atomic mass is 16.5. The Kier molecular flexibility index (Phi) is 3.53. The first-order valence-corrected chi connectivity index (χ1v) is 4.38. The fraction of sp³-hybridized carbons (Fsp3) is 0.778. The van der Waals surface area contributed by atoms with Crippen molar-refractivity contribution in [3.8, 4) is 0 Å². The average molecular weight is 171 g/mol. The third kappa shape index (κ3) is 2.81. The van der Waals surface area contributed by atoms with Crippen LogP contribution in [0.25, 0.3) is 0 Å². The second-order valence-corrected chi connectivity index (χ2v) is 3.27. The van der Waals surface area contributed by atoms with Crippen LogP contribution in [0.15, 0.2) is 0 Å². The van der Waals surface area contributed by atoms with Gasteiger partial charge in [-0.1, -0.05) is 12.8 Å². The van der Waals surface area contributed by atoms with Gasteiger partial charge in [-0.2, -0.15) is 0 Å². The van der Waals surface area contributed by atoms with Gasteiger partial charge in [0.1, 0.15) is 6.61 Å². The van der Waals surface area contributed by atoms with Crippen LogP contribution in [0.2, 0.25) is 0 Å². The molecule has 0 spiro atoms. The molecule has 1 aliphatic rings. The summed E-state index contributed by atoms with van der Waals surface area (Å²) in [6.07, 6.45) is 3.31. The molecule has 1 radical (unpaired) electrons. The van der Waals surface area contributed by atoms with E-state index < -0.39 is 6.10 Å². The number of aliphatic hydroxyl groups is 1. The molecule has 69 valence electrons. The van der Waals surface area contributed by atoms with Gasteiger partial charge in [-0.15, -0.1) is 0 Å². The topological polar surface area (TPSA) is 46.5 Å². The Morgan fingerprint density at radius 1 is 1.58 bits per heavy atom. The first-order chi connectivity index (χ1) is 5.70. The molecule has 3 heteroatoms. The van der Waals surface area contributed by atoms with E-state index in [2.05, 4.69) is 6.92 Å². The number of hydrogen-bond donors (Lipinski definition) is 1. The smallest absolute Gasteiger partial charge is 0.309 e. The van der Waals surface area contributed by atoms with Crippen molar-refractivity contribution >= 4 is 5.97 Å². The molecular formula is C9H15O3. The van der Waals surface area contributed by atoms with Crippen molar-refractivity contribution in [3.63, 3.8) is 0 Å². The van der Waals surface area contributed by atoms with E-state index >= 15 is 0 Å². The lowest BCUT2D eigenvalue weighted by molar-refractivity contribution is -0.150. The Hall–Kier alpha value is -0.570. The highest BCUT2D eigenvalue weighted by Gasteiger charge is 2.23. The maximum absolute atomic E-state index is 11.2. The number of hydrogen-bond acceptors (Lipinski definition) is 3. The number of rotatable bonds is 3. The quantitative estimate of drug-likeness (QED) is 0.642. The van der Waals surface area contributed by atoms with Crippen LogP contribution in [0.1, 0.15) is 25.7 Å². The molecule has 0 aromatic carbocycles. The van der Waals surface area contributed by atoms with Crippen LogP contribution in [0.4, 0.5) is 0 Å². The van der Waals surface area contributed by atoms with E-state index in [0.717, 1.165) is 25.7 Å². The van der Waals surface area contributed by atoms with Crippen molar-refractivity contribution < 1.29 is 14.6 Å². The average Bonchev–Trinajstić information content (AvgIpc) is 2.51. The molecule has 1 fully saturated rings. The molecule has 0 heterocycles. The minimum atomic E-state index is -0.796. The Bertz CT molecular complexity index is 148. The van der Waals surface area contributed by atoms with Crippen LogP contribution < -0.4 is 0 Å². The molecule has 1 aliphatic carbocycles. The summed E-state index contributed by atoms with van der Waals surface area (Å²) in [6.45, 7) is 3.34. The van der Waals surface area contributed by atoms with E-state index in [9.17, 15) is 4.79 Å². The summed E-state index contributed by atoms with van der Waals surface area (Å²) >= 11 is 0. The van der Waals surface area contributed by atoms with Crippen LogP contribution in [0, 0.1) is 12.8 Å². The van der Waals surface area contributed by atoms with Gasteiger partial charge in [-0.25, -0.2) is 0 Å². The summed E-state index contributed by atoms with van der Waals surface area (Å²) < 4.78 is 4.84. The molecule has 0 aromatic heterocycles. The summed E-state index contributed by atoms with van der Waals surface area (Å²) in [5.41, 5.74) is 0. The molecule has 1 saturated carbocycles. The molecule has 12 heavy (non-hydrogen) atoms. The van der Waals surface area contributed by atoms with Gasteiger partial charge in [-0.3, -0.25) is 4.79 Å². The number of carbonyl (C=O) groups excluding carboxylic acids is 1. The van der Waals surface area contributed by atoms with Gasteiger partial charge in [0.15, 0.2) is 0 Å². The van der Waals surface area contributed by atoms with E-state index in [1.54, 1.807) is 0 Å². The highest BCUT2D eigenvalue weighted by Crippen LogP contribution is 2.25. The first-order valence-electron chi connectivity index (χ1n) is 4.38. The highest BCUT2D eigenvalue weighted by molar-refractivity contribution is 5.72. The van der Waals surface area contributed by atoms with Crippen molar-refractivity contribution in [2.24, 2.45) is 5.92 Å². The second-order valence-electron chi connectivity index (χ2n) is 3.27. The third-order valence-electron chi connectivity index (χ3n) is 2.11. The summed E-state index contributed by atoms with van der Waals surface area (Å²) in [5, 5.41) is 8.76. The van der Waals surface area contributed by atoms with Crippen molar-refractivity contribution in [2.75, 3.05) is 6.61 Å². The molecule has 1 unspecified atom stereocenters. The minimum absolute atomic E-state index is 0.0231. The monoisotopic (exact) mass is 171 g/mol. The van der Waals surface area contributed by atoms with Gasteiger partial charge >= 0.3 is 5.97 Å². The molecule has 0 aromatic rings. The normalized spacial score (nSPS) is 20.8. The Morgan fingerprint density at radius 3 is 2.67 bits per heavy atom. The van der Waals surface area contributed by atoms with E-state index in [4.69, 9.17) is 9.84 Å². The molecule has 3 nitrogen and oxygen atoms in total. The first kappa shape index (κ1) is 9.52. The molecule has 0 saturated heterocycles. The maximum Gasteiger partial charge on any atom is 0.309 e. The molecule has 1 rings (SSSR count). The molecule has 0 aliphatic heterocycles. The largest absolute Gasteiger partial charge is 0.463 e. The zero-order chi connectivity index (χ0) is 8.97. The van der Waals surface area contributed by atoms with Gasteiger partial charge in [0.2, 0.25) is 0 Å². The van der Waals surface area contributed by atoms with Crippen molar-refractivity contribution in [1.82, 2.24) is 0 Å². The number of ether oxygens (including phenoxy) is 1. The van der Waals surface area contributed by atoms with Gasteiger partial charge < -0.3 is 9.84 Å². The predicted molar refractivity (Wildman–Crippen MR) is 44.3 cm³/mol. The third-order valence-corrected chi connectivity index (χ3v) is 2.11. The summed E-state index contributed by atoms with van der Waals surface area (Å²) in [7, 11) is 0. The number of aliphatic hydroxyl groups excluding tert-OH is 1. The standard InChI is InChI=1S/C9H15O3/c1-7(10)6-12-9(11)8-4-2-3-5-8/h7-8,10H,1-6H2. The Morgan fingerprint density at radius 2 is 2.17 bits per heavy atom. The molecule has 0 amide bonds. The van der Waals surface area contributed by atoms with Crippen molar-refractivity contribution in [2.45, 2.75) is 31.8 Å². The Labute approximate surface area is 72.7 Å². The minimum Gasteiger partial charge on any atom is -0.463 e. The van der Waals surface area contributed by atoms with Gasteiger partial charge in [0.05, 0.1) is 12.0 Å². The lowest BCUT2D eigenvalue weighted by Gasteiger charge is -2.10. The number of carbonyl (C=O) groups is 1. The SMILES string of the molecule is [CH2]C(O)COC(=O)C1CCCC1. The maximum atomic E-state index is 11.2. The Balaban J connectivity index is 2.18. The predicted octanol–water partition coefficient (Wildman–Crippen LogP) is 0.915. The van der Waals surface area contributed by atoms with Crippen LogP contribution >= 0.6 is 0 Å². The summed E-state index contributed by atoms with van der Waals surface area (Å²) in [4.78, 5) is 11.2. The molecular weight excluding hydrogens is 156 g/mol. The van der Waals surface area contributed by atoms with Crippen LogP contribution in [0.3, 0.4) is 0 Å². The van der Waals surface area contributed by atoms with Gasteiger partial charge in [0.25, 0.3) is 0 Å². The van der Waals surface area contributed by atoms with E-state index in [0.29, 0.717) is 0 Å². The zero-order valence-electron chi connectivity index (χ0n) is 7.16. The summed E-state index contributed by atoms with van der Waals surface area (Å²) in [6, 6.07) is 0. The molecule has 1 N–H and O–H groups in total. The lowest BCUT2D eigenvalue weighted by Crippen LogP contribution is -2.20. The fourth-order valence-corrected chi connectivity index (χ4v) is 1.46. The van der Waals surface area contributed by atoms with Crippen molar-refractivity contribution in [1.29, 1.82) is 0 Å². The summed E-state index contributed by atoms with van der Waals surface area (Å²) in [5.74, 6) is -0.0982. The van der Waals surface area contributed by atoms with E-state index in [1.165, 1.54) is 0 Å². The number of esters is 1. The zero-order valence-corrected chi connectivity index (χ0v) is 7.16. The van der Waals surface area contributed by atoms with Crippen molar-refractivity contribution in [3.05, 3.63) is 6.92 Å². The van der Waals surface area contributed by atoms with Crippen LogP contribution in [0.5, 0.6) is 0 Å². The molecule has 0 bridgehead atoms. The fourth-order valence-electron chi connectivity index (χ4n) is 1.46. The molecule has 1 atom stereocenters. The van der Waals surface area contributed by atoms with Crippen LogP contribution in [-0.2, 0) is 9.53 Å². The van der Waals surface area contributed by atoms with Crippen LogP contribution in [-0.4, -0.2) is 23.8 Å².